The van der Waals surface area contributed by atoms with Crippen LogP contribution in [0.1, 0.15) is 5.56 Å². The number of halogens is 1. The summed E-state index contributed by atoms with van der Waals surface area (Å²) < 4.78 is 5.09. The molecule has 0 aromatic heterocycles. The van der Waals surface area contributed by atoms with Crippen LogP contribution in [-0.2, 0) is 6.61 Å². The summed E-state index contributed by atoms with van der Waals surface area (Å²) in [5, 5.41) is 28.1. The molecule has 0 bridgehead atoms. The predicted molar refractivity (Wildman–Crippen MR) is 85.6 cm³/mol. The average molecular weight is 337 g/mol. The number of hydrogen-bond donors (Lipinski definition) is 2. The van der Waals surface area contributed by atoms with Crippen LogP contribution in [-0.4, -0.2) is 17.1 Å². The molecule has 0 saturated heterocycles. The molecule has 0 aliphatic rings. The molecule has 2 rings (SSSR count). The van der Waals surface area contributed by atoms with Gasteiger partial charge in [0.25, 0.3) is 5.69 Å². The average Bonchev–Trinajstić information content (AvgIpc) is 2.53. The molecule has 0 heterocycles. The van der Waals surface area contributed by atoms with Crippen molar-refractivity contribution in [2.75, 3.05) is 12.8 Å². The van der Waals surface area contributed by atoms with Gasteiger partial charge in [0.1, 0.15) is 11.4 Å². The van der Waals surface area contributed by atoms with Crippen LogP contribution in [0.4, 0.5) is 22.7 Å². The number of nitro groups is 1. The Morgan fingerprint density at radius 1 is 1.30 bits per heavy atom. The van der Waals surface area contributed by atoms with E-state index >= 15 is 0 Å². The molecule has 0 amide bonds. The van der Waals surface area contributed by atoms with Crippen LogP contribution < -0.4 is 10.5 Å². The summed E-state index contributed by atoms with van der Waals surface area (Å²) in [5.74, 6) is 0.394. The van der Waals surface area contributed by atoms with E-state index in [-0.39, 0.29) is 23.0 Å². The van der Waals surface area contributed by atoms with Crippen molar-refractivity contribution >= 4 is 34.4 Å². The number of rotatable bonds is 5. The normalized spacial score (nSPS) is 10.9. The molecule has 23 heavy (non-hydrogen) atoms. The van der Waals surface area contributed by atoms with Crippen molar-refractivity contribution in [3.05, 3.63) is 51.0 Å². The van der Waals surface area contributed by atoms with Crippen LogP contribution in [0.2, 0.25) is 5.02 Å². The number of nitrogens with zero attached hydrogens (tertiary/aromatic N) is 3. The van der Waals surface area contributed by atoms with Gasteiger partial charge in [0.2, 0.25) is 0 Å². The zero-order valence-corrected chi connectivity index (χ0v) is 12.8. The number of azo groups is 1. The van der Waals surface area contributed by atoms with Crippen LogP contribution in [0.5, 0.6) is 5.75 Å². The van der Waals surface area contributed by atoms with Crippen molar-refractivity contribution < 1.29 is 14.8 Å². The molecule has 0 unspecified atom stereocenters. The minimum absolute atomic E-state index is 0.0934. The first-order chi connectivity index (χ1) is 11.0. The zero-order chi connectivity index (χ0) is 17.0. The lowest BCUT2D eigenvalue weighted by Gasteiger charge is -2.08. The minimum Gasteiger partial charge on any atom is -0.495 e. The summed E-state index contributed by atoms with van der Waals surface area (Å²) >= 11 is 5.94. The van der Waals surface area contributed by atoms with E-state index in [2.05, 4.69) is 10.2 Å². The Balaban J connectivity index is 2.38. The number of non-ortho nitro benzene ring substituents is 1. The molecular formula is C14H13ClN4O4. The summed E-state index contributed by atoms with van der Waals surface area (Å²) in [6, 6.07) is 6.91. The van der Waals surface area contributed by atoms with Gasteiger partial charge in [-0.25, -0.2) is 0 Å². The van der Waals surface area contributed by atoms with E-state index in [1.165, 1.54) is 37.4 Å². The van der Waals surface area contributed by atoms with Gasteiger partial charge in [-0.2, -0.15) is 0 Å². The third-order valence-electron chi connectivity index (χ3n) is 3.01. The summed E-state index contributed by atoms with van der Waals surface area (Å²) in [7, 11) is 1.46. The molecule has 120 valence electrons. The van der Waals surface area contributed by atoms with E-state index in [0.717, 1.165) is 0 Å². The maximum absolute atomic E-state index is 10.7. The fraction of sp³-hybridized carbons (Fsp3) is 0.143. The number of aliphatic hydroxyl groups is 1. The molecule has 0 aliphatic carbocycles. The molecule has 0 aliphatic heterocycles. The molecule has 0 radical (unpaired) electrons. The Hall–Kier alpha value is -2.71. The minimum atomic E-state index is -0.554. The predicted octanol–water partition coefficient (Wildman–Crippen LogP) is 3.75. The van der Waals surface area contributed by atoms with Crippen molar-refractivity contribution in [3.8, 4) is 5.75 Å². The van der Waals surface area contributed by atoms with Gasteiger partial charge >= 0.3 is 0 Å². The van der Waals surface area contributed by atoms with E-state index < -0.39 is 4.92 Å². The number of methoxy groups -OCH3 is 1. The quantitative estimate of drug-likeness (QED) is 0.372. The van der Waals surface area contributed by atoms with E-state index in [1.807, 2.05) is 0 Å². The van der Waals surface area contributed by atoms with Crippen LogP contribution in [0.25, 0.3) is 0 Å². The fourth-order valence-electron chi connectivity index (χ4n) is 1.83. The second kappa shape index (κ2) is 7.03. The van der Waals surface area contributed by atoms with Gasteiger partial charge in [-0.15, -0.1) is 10.2 Å². The zero-order valence-electron chi connectivity index (χ0n) is 12.1. The number of nitrogens with two attached hydrogens (primary N) is 1. The highest BCUT2D eigenvalue weighted by Crippen LogP contribution is 2.34. The first-order valence-corrected chi connectivity index (χ1v) is 6.77. The van der Waals surface area contributed by atoms with Crippen LogP contribution in [0.3, 0.4) is 0 Å². The summed E-state index contributed by atoms with van der Waals surface area (Å²) in [6.45, 7) is -0.281. The Bertz CT molecular complexity index is 780. The highest BCUT2D eigenvalue weighted by atomic mass is 35.5. The smallest absolute Gasteiger partial charge is 0.271 e. The summed E-state index contributed by atoms with van der Waals surface area (Å²) in [4.78, 5) is 10.1. The lowest BCUT2D eigenvalue weighted by atomic mass is 10.1. The molecule has 2 aromatic rings. The standard InChI is InChI=1S/C14H13ClN4O4/c1-23-14-6-13(8(7-20)4-11(14)16)18-17-12-3-2-9(19(21)22)5-10(12)15/h2-6,20H,7,16H2,1H3. The van der Waals surface area contributed by atoms with Gasteiger partial charge in [0.15, 0.2) is 0 Å². The van der Waals surface area contributed by atoms with Gasteiger partial charge in [-0.3, -0.25) is 10.1 Å². The molecular weight excluding hydrogens is 324 g/mol. The number of nitro benzene ring substituents is 1. The van der Waals surface area contributed by atoms with Gasteiger partial charge in [-0.05, 0) is 12.1 Å². The summed E-state index contributed by atoms with van der Waals surface area (Å²) in [5.41, 5.74) is 7.06. The maximum Gasteiger partial charge on any atom is 0.271 e. The van der Waals surface area contributed by atoms with Crippen LogP contribution in [0.15, 0.2) is 40.6 Å². The van der Waals surface area contributed by atoms with Gasteiger partial charge in [-0.1, -0.05) is 11.6 Å². The maximum atomic E-state index is 10.7. The molecule has 9 heteroatoms. The van der Waals surface area contributed by atoms with Gasteiger partial charge < -0.3 is 15.6 Å². The molecule has 0 saturated carbocycles. The first-order valence-electron chi connectivity index (χ1n) is 6.39. The molecule has 8 nitrogen and oxygen atoms in total. The molecule has 2 aromatic carbocycles. The van der Waals surface area contributed by atoms with Crippen molar-refractivity contribution in [3.63, 3.8) is 0 Å². The second-order valence-electron chi connectivity index (χ2n) is 4.47. The topological polar surface area (TPSA) is 123 Å². The third-order valence-corrected chi connectivity index (χ3v) is 3.31. The highest BCUT2D eigenvalue weighted by Gasteiger charge is 2.10. The first kappa shape index (κ1) is 16.7. The summed E-state index contributed by atoms with van der Waals surface area (Å²) in [6.07, 6.45) is 0. The third kappa shape index (κ3) is 3.74. The molecule has 0 atom stereocenters. The number of ether oxygens (including phenoxy) is 1. The monoisotopic (exact) mass is 336 g/mol. The largest absolute Gasteiger partial charge is 0.495 e. The van der Waals surface area contributed by atoms with Crippen molar-refractivity contribution in [1.82, 2.24) is 0 Å². The number of aliphatic hydroxyl groups excluding tert-OH is 1. The Morgan fingerprint density at radius 2 is 2.00 bits per heavy atom. The van der Waals surface area contributed by atoms with E-state index in [4.69, 9.17) is 22.1 Å². The van der Waals surface area contributed by atoms with Crippen LogP contribution in [0, 0.1) is 10.1 Å². The van der Waals surface area contributed by atoms with Gasteiger partial charge in [0, 0.05) is 23.8 Å². The van der Waals surface area contributed by atoms with Crippen molar-refractivity contribution in [2.24, 2.45) is 10.2 Å². The second-order valence-corrected chi connectivity index (χ2v) is 4.88. The van der Waals surface area contributed by atoms with E-state index in [9.17, 15) is 15.2 Å². The van der Waals surface area contributed by atoms with Crippen LogP contribution >= 0.6 is 11.6 Å². The van der Waals surface area contributed by atoms with Gasteiger partial charge in [0.05, 0.1) is 35.0 Å². The highest BCUT2D eigenvalue weighted by molar-refractivity contribution is 6.33. The fourth-order valence-corrected chi connectivity index (χ4v) is 2.04. The molecule has 0 fully saturated rings. The van der Waals surface area contributed by atoms with E-state index in [0.29, 0.717) is 22.7 Å². The number of benzene rings is 2. The van der Waals surface area contributed by atoms with E-state index in [1.54, 1.807) is 0 Å². The lowest BCUT2D eigenvalue weighted by Crippen LogP contribution is -1.95. The van der Waals surface area contributed by atoms with Crippen molar-refractivity contribution in [1.29, 1.82) is 0 Å². The number of hydrogen-bond acceptors (Lipinski definition) is 7. The lowest BCUT2D eigenvalue weighted by molar-refractivity contribution is -0.384. The van der Waals surface area contributed by atoms with Crippen molar-refractivity contribution in [2.45, 2.75) is 6.61 Å². The Kier molecular flexibility index (Phi) is 5.09. The molecule has 3 N–H and O–H groups in total. The SMILES string of the molecule is COc1cc(N=Nc2ccc([N+](=O)[O-])cc2Cl)c(CO)cc1N. The Labute approximate surface area is 136 Å². The Morgan fingerprint density at radius 3 is 2.57 bits per heavy atom. The number of nitrogen functional groups attached to an aromatic ring is 1. The molecule has 0 spiro atoms. The number of anilines is 1.